The van der Waals surface area contributed by atoms with Gasteiger partial charge in [-0.15, -0.1) is 0 Å². The van der Waals surface area contributed by atoms with Crippen LogP contribution in [0.2, 0.25) is 0 Å². The van der Waals surface area contributed by atoms with Gasteiger partial charge in [-0.05, 0) is 25.0 Å². The average Bonchev–Trinajstić information content (AvgIpc) is 3.22. The number of aliphatic hydroxyl groups is 2. The monoisotopic (exact) mass is 264 g/mol. The molecule has 19 heavy (non-hydrogen) atoms. The van der Waals surface area contributed by atoms with Crippen LogP contribution in [0.1, 0.15) is 23.2 Å². The van der Waals surface area contributed by atoms with Crippen LogP contribution in [0.4, 0.5) is 0 Å². The maximum absolute atomic E-state index is 11.9. The second-order valence-corrected chi connectivity index (χ2v) is 5.14. The highest BCUT2D eigenvalue weighted by molar-refractivity contribution is 5.89. The zero-order chi connectivity index (χ0) is 13.5. The fourth-order valence-corrected chi connectivity index (χ4v) is 2.54. The lowest BCUT2D eigenvalue weighted by Crippen LogP contribution is -2.52. The fourth-order valence-electron chi connectivity index (χ4n) is 2.54. The molecule has 0 unspecified atom stereocenters. The van der Waals surface area contributed by atoms with Crippen LogP contribution in [0.15, 0.2) is 30.3 Å². The van der Waals surface area contributed by atoms with Crippen molar-refractivity contribution in [1.82, 2.24) is 0 Å². The molecular weight excluding hydrogens is 248 g/mol. The lowest BCUT2D eigenvalue weighted by molar-refractivity contribution is -0.122. The maximum atomic E-state index is 11.9. The fraction of sp³-hybridized carbons (Fsp3) is 0.500. The van der Waals surface area contributed by atoms with Gasteiger partial charge in [0.2, 0.25) is 0 Å². The molecule has 0 aromatic heterocycles. The molecule has 2 aliphatic rings. The van der Waals surface area contributed by atoms with Gasteiger partial charge in [0.05, 0.1) is 12.2 Å². The van der Waals surface area contributed by atoms with Crippen LogP contribution >= 0.6 is 0 Å². The quantitative estimate of drug-likeness (QED) is 0.600. The molecule has 1 saturated heterocycles. The Labute approximate surface area is 110 Å². The standard InChI is InChI=1S/C14H16O5/c15-11-10(6-7-14(8-18-14)12(11)16)19-13(17)9-4-2-1-3-5-9/h1-5,10-12,15-16H,6-8H2/t10-,11+,12+,14-/m0/s1. The normalized spacial score (nSPS) is 37.1. The minimum Gasteiger partial charge on any atom is -0.456 e. The third-order valence-corrected chi connectivity index (χ3v) is 3.88. The number of benzene rings is 1. The predicted octanol–water partition coefficient (Wildman–Crippen LogP) is 0.497. The van der Waals surface area contributed by atoms with E-state index in [2.05, 4.69) is 0 Å². The lowest BCUT2D eigenvalue weighted by Gasteiger charge is -2.35. The smallest absolute Gasteiger partial charge is 0.338 e. The van der Waals surface area contributed by atoms with Crippen LogP contribution in [-0.2, 0) is 9.47 Å². The van der Waals surface area contributed by atoms with E-state index in [-0.39, 0.29) is 0 Å². The van der Waals surface area contributed by atoms with E-state index >= 15 is 0 Å². The van der Waals surface area contributed by atoms with Crippen LogP contribution in [0.5, 0.6) is 0 Å². The van der Waals surface area contributed by atoms with Gasteiger partial charge in [-0.1, -0.05) is 18.2 Å². The van der Waals surface area contributed by atoms with Gasteiger partial charge >= 0.3 is 5.97 Å². The molecule has 1 aliphatic heterocycles. The largest absolute Gasteiger partial charge is 0.456 e. The van der Waals surface area contributed by atoms with E-state index in [9.17, 15) is 15.0 Å². The summed E-state index contributed by atoms with van der Waals surface area (Å²) in [6.45, 7) is 0.463. The van der Waals surface area contributed by atoms with Crippen LogP contribution in [0, 0.1) is 0 Å². The highest BCUT2D eigenvalue weighted by Gasteiger charge is 2.58. The second kappa shape index (κ2) is 4.59. The highest BCUT2D eigenvalue weighted by Crippen LogP contribution is 2.42. The first-order valence-corrected chi connectivity index (χ1v) is 6.38. The van der Waals surface area contributed by atoms with Gasteiger partial charge in [0.1, 0.15) is 23.9 Å². The molecular formula is C14H16O5. The zero-order valence-electron chi connectivity index (χ0n) is 10.4. The first-order chi connectivity index (χ1) is 9.12. The van der Waals surface area contributed by atoms with Gasteiger partial charge in [-0.25, -0.2) is 4.79 Å². The van der Waals surface area contributed by atoms with Gasteiger partial charge < -0.3 is 19.7 Å². The molecule has 1 heterocycles. The van der Waals surface area contributed by atoms with Crippen molar-refractivity contribution in [1.29, 1.82) is 0 Å². The summed E-state index contributed by atoms with van der Waals surface area (Å²) in [5, 5.41) is 20.0. The molecule has 3 rings (SSSR count). The number of carbonyl (C=O) groups excluding carboxylic acids is 1. The van der Waals surface area contributed by atoms with Gasteiger partial charge in [-0.2, -0.15) is 0 Å². The van der Waals surface area contributed by atoms with Crippen molar-refractivity contribution >= 4 is 5.97 Å². The minimum absolute atomic E-state index is 0.437. The summed E-state index contributed by atoms with van der Waals surface area (Å²) in [4.78, 5) is 11.9. The maximum Gasteiger partial charge on any atom is 0.338 e. The molecule has 1 saturated carbocycles. The molecule has 1 spiro atoms. The molecule has 0 radical (unpaired) electrons. The molecule has 0 bridgehead atoms. The molecule has 0 amide bonds. The van der Waals surface area contributed by atoms with E-state index in [1.54, 1.807) is 24.3 Å². The molecule has 4 atom stereocenters. The molecule has 5 heteroatoms. The van der Waals surface area contributed by atoms with Crippen molar-refractivity contribution in [2.24, 2.45) is 0 Å². The molecule has 2 fully saturated rings. The first kappa shape index (κ1) is 12.6. The van der Waals surface area contributed by atoms with E-state index in [0.29, 0.717) is 25.0 Å². The summed E-state index contributed by atoms with van der Waals surface area (Å²) in [7, 11) is 0. The molecule has 1 aromatic rings. The summed E-state index contributed by atoms with van der Waals surface area (Å²) in [6, 6.07) is 8.61. The molecule has 1 aromatic carbocycles. The SMILES string of the molecule is O=C(O[C@H]1CC[C@]2(CO2)[C@H](O)[C@@H]1O)c1ccccc1. The Balaban J connectivity index is 1.66. The van der Waals surface area contributed by atoms with Crippen LogP contribution in [0.25, 0.3) is 0 Å². The molecule has 5 nitrogen and oxygen atoms in total. The van der Waals surface area contributed by atoms with Crippen molar-refractivity contribution in [2.75, 3.05) is 6.61 Å². The molecule has 102 valence electrons. The number of aliphatic hydroxyl groups excluding tert-OH is 2. The van der Waals surface area contributed by atoms with Crippen LogP contribution in [0.3, 0.4) is 0 Å². The average molecular weight is 264 g/mol. The Kier molecular flexibility index (Phi) is 3.05. The number of carbonyl (C=O) groups is 1. The van der Waals surface area contributed by atoms with Crippen molar-refractivity contribution in [3.8, 4) is 0 Å². The summed E-state index contributed by atoms with van der Waals surface area (Å²) in [5.41, 5.74) is -0.165. The van der Waals surface area contributed by atoms with Crippen LogP contribution in [-0.4, -0.2) is 46.7 Å². The topological polar surface area (TPSA) is 79.3 Å². The van der Waals surface area contributed by atoms with E-state index in [0.717, 1.165) is 0 Å². The first-order valence-electron chi connectivity index (χ1n) is 6.38. The summed E-state index contributed by atoms with van der Waals surface area (Å²) in [6.07, 6.45) is -1.68. The Morgan fingerprint density at radius 1 is 1.32 bits per heavy atom. The number of esters is 1. The Morgan fingerprint density at radius 2 is 2.00 bits per heavy atom. The van der Waals surface area contributed by atoms with E-state index in [1.165, 1.54) is 0 Å². The number of rotatable bonds is 2. The number of epoxide rings is 1. The van der Waals surface area contributed by atoms with Crippen molar-refractivity contribution in [3.63, 3.8) is 0 Å². The van der Waals surface area contributed by atoms with E-state index in [4.69, 9.17) is 9.47 Å². The van der Waals surface area contributed by atoms with Crippen molar-refractivity contribution in [3.05, 3.63) is 35.9 Å². The third-order valence-electron chi connectivity index (χ3n) is 3.88. The predicted molar refractivity (Wildman–Crippen MR) is 65.6 cm³/mol. The van der Waals surface area contributed by atoms with Gasteiger partial charge in [0.15, 0.2) is 0 Å². The summed E-state index contributed by atoms with van der Waals surface area (Å²) >= 11 is 0. The van der Waals surface area contributed by atoms with Gasteiger partial charge in [0, 0.05) is 0 Å². The van der Waals surface area contributed by atoms with Crippen LogP contribution < -0.4 is 0 Å². The molecule has 1 aliphatic carbocycles. The number of hydrogen-bond donors (Lipinski definition) is 2. The molecule has 2 N–H and O–H groups in total. The van der Waals surface area contributed by atoms with Crippen molar-refractivity contribution in [2.45, 2.75) is 36.8 Å². The third kappa shape index (κ3) is 2.25. The summed E-state index contributed by atoms with van der Waals surface area (Å²) < 4.78 is 10.5. The van der Waals surface area contributed by atoms with Gasteiger partial charge in [-0.3, -0.25) is 0 Å². The minimum atomic E-state index is -1.09. The highest BCUT2D eigenvalue weighted by atomic mass is 16.6. The van der Waals surface area contributed by atoms with E-state index < -0.39 is 29.9 Å². The Bertz CT molecular complexity index is 468. The second-order valence-electron chi connectivity index (χ2n) is 5.14. The zero-order valence-corrected chi connectivity index (χ0v) is 10.4. The summed E-state index contributed by atoms with van der Waals surface area (Å²) in [5.74, 6) is -0.482. The van der Waals surface area contributed by atoms with E-state index in [1.807, 2.05) is 6.07 Å². The van der Waals surface area contributed by atoms with Gasteiger partial charge in [0.25, 0.3) is 0 Å². The number of ether oxygens (including phenoxy) is 2. The number of hydrogen-bond acceptors (Lipinski definition) is 5. The Morgan fingerprint density at radius 3 is 2.63 bits per heavy atom. The lowest BCUT2D eigenvalue weighted by atomic mass is 9.83. The van der Waals surface area contributed by atoms with Crippen molar-refractivity contribution < 1.29 is 24.5 Å². The Hall–Kier alpha value is -1.43.